The first-order chi connectivity index (χ1) is 5.75. The number of nitrogens with zero attached hydrogens (tertiary/aromatic N) is 1. The highest BCUT2D eigenvalue weighted by Gasteiger charge is 2.07. The first-order valence-electron chi connectivity index (χ1n) is 4.42. The molecular weight excluding hydrogens is 150 g/mol. The van der Waals surface area contributed by atoms with Crippen LogP contribution in [0, 0.1) is 0 Å². The zero-order chi connectivity index (χ0) is 8.97. The summed E-state index contributed by atoms with van der Waals surface area (Å²) >= 11 is 0. The molecule has 0 atom stereocenters. The summed E-state index contributed by atoms with van der Waals surface area (Å²) in [6, 6.07) is 0. The first-order valence-corrected chi connectivity index (χ1v) is 4.42. The van der Waals surface area contributed by atoms with Gasteiger partial charge in [0.1, 0.15) is 0 Å². The summed E-state index contributed by atoms with van der Waals surface area (Å²) in [5, 5.41) is 10.2. The van der Waals surface area contributed by atoms with Crippen molar-refractivity contribution >= 4 is 0 Å². The van der Waals surface area contributed by atoms with E-state index < -0.39 is 0 Å². The molecule has 0 aliphatic rings. The lowest BCUT2D eigenvalue weighted by Crippen LogP contribution is -2.11. The van der Waals surface area contributed by atoms with Gasteiger partial charge >= 0.3 is 0 Å². The Bertz CT molecular complexity index is 227. The Labute approximate surface area is 73.6 Å². The molecule has 2 N–H and O–H groups in total. The third-order valence-electron chi connectivity index (χ3n) is 2.00. The lowest BCUT2D eigenvalue weighted by molar-refractivity contribution is 0.753. The van der Waals surface area contributed by atoms with Crippen molar-refractivity contribution in [3.8, 4) is 0 Å². The maximum Gasteiger partial charge on any atom is 0.0524 e. The highest BCUT2D eigenvalue weighted by molar-refractivity contribution is 5.20. The largest absolute Gasteiger partial charge is 0.319 e. The van der Waals surface area contributed by atoms with Crippen molar-refractivity contribution in [3.63, 3.8) is 0 Å². The quantitative estimate of drug-likeness (QED) is 0.709. The van der Waals surface area contributed by atoms with E-state index in [0.29, 0.717) is 5.92 Å². The van der Waals surface area contributed by atoms with Gasteiger partial charge in [-0.15, -0.1) is 0 Å². The predicted molar refractivity (Wildman–Crippen MR) is 50.3 cm³/mol. The standard InChI is InChI=1S/C9H17N3/c1-7(2)8-6-11-12-9(8)4-5-10-3/h6-7,10H,4-5H2,1-3H3,(H,11,12). The summed E-state index contributed by atoms with van der Waals surface area (Å²) < 4.78 is 0. The molecule has 0 bridgehead atoms. The van der Waals surface area contributed by atoms with Crippen LogP contribution < -0.4 is 5.32 Å². The van der Waals surface area contributed by atoms with Crippen LogP contribution in [0.1, 0.15) is 31.0 Å². The van der Waals surface area contributed by atoms with Crippen LogP contribution in [0.25, 0.3) is 0 Å². The summed E-state index contributed by atoms with van der Waals surface area (Å²) in [6.45, 7) is 5.38. The fourth-order valence-corrected chi connectivity index (χ4v) is 1.27. The third kappa shape index (κ3) is 2.08. The number of aromatic amines is 1. The lowest BCUT2D eigenvalue weighted by Gasteiger charge is -2.04. The molecule has 0 saturated carbocycles. The van der Waals surface area contributed by atoms with E-state index in [4.69, 9.17) is 0 Å². The Hall–Kier alpha value is -0.830. The molecule has 0 radical (unpaired) electrons. The van der Waals surface area contributed by atoms with E-state index in [1.165, 1.54) is 11.3 Å². The molecule has 3 heteroatoms. The summed E-state index contributed by atoms with van der Waals surface area (Å²) in [6.07, 6.45) is 2.96. The minimum Gasteiger partial charge on any atom is -0.319 e. The van der Waals surface area contributed by atoms with Crippen molar-refractivity contribution in [1.82, 2.24) is 15.5 Å². The molecule has 0 unspecified atom stereocenters. The van der Waals surface area contributed by atoms with E-state index in [2.05, 4.69) is 29.4 Å². The number of hydrogen-bond acceptors (Lipinski definition) is 2. The zero-order valence-electron chi connectivity index (χ0n) is 8.02. The average Bonchev–Trinajstić information content (AvgIpc) is 2.48. The summed E-state index contributed by atoms with van der Waals surface area (Å²) in [4.78, 5) is 0. The van der Waals surface area contributed by atoms with E-state index in [9.17, 15) is 0 Å². The Morgan fingerprint density at radius 3 is 2.92 bits per heavy atom. The number of likely N-dealkylation sites (N-methyl/N-ethyl adjacent to an activating group) is 1. The number of aromatic nitrogens is 2. The van der Waals surface area contributed by atoms with Crippen LogP contribution >= 0.6 is 0 Å². The molecule has 68 valence electrons. The van der Waals surface area contributed by atoms with Gasteiger partial charge in [-0.2, -0.15) is 5.10 Å². The highest BCUT2D eigenvalue weighted by atomic mass is 15.1. The molecule has 0 aromatic carbocycles. The number of rotatable bonds is 4. The van der Waals surface area contributed by atoms with E-state index in [0.717, 1.165) is 13.0 Å². The highest BCUT2D eigenvalue weighted by Crippen LogP contribution is 2.16. The summed E-state index contributed by atoms with van der Waals surface area (Å²) in [7, 11) is 1.96. The van der Waals surface area contributed by atoms with Crippen molar-refractivity contribution < 1.29 is 0 Å². The first kappa shape index (κ1) is 9.26. The molecule has 0 fully saturated rings. The predicted octanol–water partition coefficient (Wildman–Crippen LogP) is 1.29. The second-order valence-electron chi connectivity index (χ2n) is 3.31. The lowest BCUT2D eigenvalue weighted by atomic mass is 10.0. The number of H-pyrrole nitrogens is 1. The molecule has 1 heterocycles. The van der Waals surface area contributed by atoms with Crippen LogP contribution in [0.15, 0.2) is 6.20 Å². The van der Waals surface area contributed by atoms with Crippen molar-refractivity contribution in [3.05, 3.63) is 17.5 Å². The topological polar surface area (TPSA) is 40.7 Å². The number of nitrogens with one attached hydrogen (secondary N) is 2. The van der Waals surface area contributed by atoms with Gasteiger partial charge in [-0.05, 0) is 18.5 Å². The van der Waals surface area contributed by atoms with Crippen molar-refractivity contribution in [2.75, 3.05) is 13.6 Å². The van der Waals surface area contributed by atoms with Gasteiger partial charge in [-0.3, -0.25) is 5.10 Å². The number of hydrogen-bond donors (Lipinski definition) is 2. The molecule has 1 rings (SSSR count). The van der Waals surface area contributed by atoms with Crippen LogP contribution in [-0.4, -0.2) is 23.8 Å². The van der Waals surface area contributed by atoms with E-state index in [1.54, 1.807) is 0 Å². The SMILES string of the molecule is CNCCc1[nH]ncc1C(C)C. The van der Waals surface area contributed by atoms with E-state index in [-0.39, 0.29) is 0 Å². The van der Waals surface area contributed by atoms with Crippen LogP contribution in [0.2, 0.25) is 0 Å². The van der Waals surface area contributed by atoms with Gasteiger partial charge in [-0.25, -0.2) is 0 Å². The van der Waals surface area contributed by atoms with Crippen molar-refractivity contribution in [2.45, 2.75) is 26.2 Å². The molecule has 3 nitrogen and oxygen atoms in total. The van der Waals surface area contributed by atoms with Crippen LogP contribution in [0.5, 0.6) is 0 Å². The van der Waals surface area contributed by atoms with Gasteiger partial charge in [0.15, 0.2) is 0 Å². The van der Waals surface area contributed by atoms with Crippen LogP contribution in [0.4, 0.5) is 0 Å². The molecule has 0 aliphatic heterocycles. The minimum absolute atomic E-state index is 0.565. The molecule has 0 saturated heterocycles. The van der Waals surface area contributed by atoms with Crippen molar-refractivity contribution in [2.24, 2.45) is 0 Å². The third-order valence-corrected chi connectivity index (χ3v) is 2.00. The Kier molecular flexibility index (Phi) is 3.29. The molecule has 12 heavy (non-hydrogen) atoms. The van der Waals surface area contributed by atoms with Gasteiger partial charge < -0.3 is 5.32 Å². The van der Waals surface area contributed by atoms with E-state index in [1.807, 2.05) is 13.2 Å². The van der Waals surface area contributed by atoms with Gasteiger partial charge in [-0.1, -0.05) is 13.8 Å². The molecule has 0 amide bonds. The van der Waals surface area contributed by atoms with Crippen molar-refractivity contribution in [1.29, 1.82) is 0 Å². The molecule has 1 aromatic rings. The fraction of sp³-hybridized carbons (Fsp3) is 0.667. The maximum atomic E-state index is 4.04. The summed E-state index contributed by atoms with van der Waals surface area (Å²) in [5.74, 6) is 0.565. The monoisotopic (exact) mass is 167 g/mol. The van der Waals surface area contributed by atoms with Gasteiger partial charge in [0, 0.05) is 18.7 Å². The minimum atomic E-state index is 0.565. The molecule has 0 spiro atoms. The van der Waals surface area contributed by atoms with Gasteiger partial charge in [0.25, 0.3) is 0 Å². The Morgan fingerprint density at radius 1 is 1.58 bits per heavy atom. The van der Waals surface area contributed by atoms with Crippen LogP contribution in [0.3, 0.4) is 0 Å². The fourth-order valence-electron chi connectivity index (χ4n) is 1.27. The Balaban J connectivity index is 2.64. The second kappa shape index (κ2) is 4.26. The smallest absolute Gasteiger partial charge is 0.0524 e. The molecule has 0 aliphatic carbocycles. The summed E-state index contributed by atoms with van der Waals surface area (Å²) in [5.41, 5.74) is 2.60. The maximum absolute atomic E-state index is 4.04. The Morgan fingerprint density at radius 2 is 2.33 bits per heavy atom. The molecular formula is C9H17N3. The average molecular weight is 167 g/mol. The normalized spacial score (nSPS) is 11.0. The van der Waals surface area contributed by atoms with Crippen LogP contribution in [-0.2, 0) is 6.42 Å². The van der Waals surface area contributed by atoms with E-state index >= 15 is 0 Å². The van der Waals surface area contributed by atoms with Gasteiger partial charge in [0.2, 0.25) is 0 Å². The second-order valence-corrected chi connectivity index (χ2v) is 3.31. The van der Waals surface area contributed by atoms with Gasteiger partial charge in [0.05, 0.1) is 6.20 Å². The zero-order valence-corrected chi connectivity index (χ0v) is 8.02. The molecule has 1 aromatic heterocycles.